The van der Waals surface area contributed by atoms with Crippen LogP contribution < -0.4 is 4.74 Å². The first-order valence-corrected chi connectivity index (χ1v) is 11.9. The monoisotopic (exact) mass is 488 g/mol. The van der Waals surface area contributed by atoms with E-state index in [1.165, 1.54) is 0 Å². The number of ether oxygens (including phenoxy) is 3. The van der Waals surface area contributed by atoms with Crippen LogP contribution in [0.4, 0.5) is 0 Å². The molecule has 0 saturated heterocycles. The van der Waals surface area contributed by atoms with Crippen molar-refractivity contribution in [1.82, 2.24) is 0 Å². The number of hydrogen-bond donors (Lipinski definition) is 0. The third-order valence-electron chi connectivity index (χ3n) is 6.21. The predicted molar refractivity (Wildman–Crippen MR) is 136 cm³/mol. The Bertz CT molecular complexity index is 1070. The Labute approximate surface area is 212 Å². The molecule has 0 bridgehead atoms. The maximum absolute atomic E-state index is 13.2. The molecule has 1 atom stereocenters. The Hall–Kier alpha value is -3.93. The molecule has 0 heterocycles. The van der Waals surface area contributed by atoms with E-state index in [1.807, 2.05) is 72.8 Å². The van der Waals surface area contributed by atoms with Crippen molar-refractivity contribution in [3.05, 3.63) is 102 Å². The summed E-state index contributed by atoms with van der Waals surface area (Å²) < 4.78 is 16.3. The Morgan fingerprint density at radius 3 is 1.67 bits per heavy atom. The van der Waals surface area contributed by atoms with E-state index < -0.39 is 29.2 Å². The first kappa shape index (κ1) is 26.7. The molecule has 0 amide bonds. The van der Waals surface area contributed by atoms with Crippen molar-refractivity contribution < 1.29 is 28.6 Å². The molecule has 0 N–H and O–H groups in total. The van der Waals surface area contributed by atoms with Crippen LogP contribution >= 0.6 is 0 Å². The maximum atomic E-state index is 13.2. The summed E-state index contributed by atoms with van der Waals surface area (Å²) in [6.45, 7) is 3.64. The van der Waals surface area contributed by atoms with Crippen molar-refractivity contribution >= 4 is 18.2 Å². The molecule has 0 saturated carbocycles. The van der Waals surface area contributed by atoms with Crippen molar-refractivity contribution in [1.29, 1.82) is 0 Å². The van der Waals surface area contributed by atoms with Gasteiger partial charge in [-0.05, 0) is 41.2 Å². The predicted octanol–water partition coefficient (Wildman–Crippen LogP) is 5.50. The highest BCUT2D eigenvalue weighted by molar-refractivity contribution is 5.95. The van der Waals surface area contributed by atoms with Gasteiger partial charge in [0.05, 0.1) is 7.11 Å². The van der Waals surface area contributed by atoms with E-state index in [1.54, 1.807) is 33.1 Å². The number of benzene rings is 3. The van der Waals surface area contributed by atoms with Gasteiger partial charge in [-0.15, -0.1) is 0 Å². The van der Waals surface area contributed by atoms with Crippen LogP contribution in [-0.2, 0) is 37.1 Å². The van der Waals surface area contributed by atoms with Gasteiger partial charge in [0.1, 0.15) is 25.2 Å². The Morgan fingerprint density at radius 2 is 1.25 bits per heavy atom. The number of hydrogen-bond acceptors (Lipinski definition) is 6. The fraction of sp³-hybridized carbons (Fsp3) is 0.300. The van der Waals surface area contributed by atoms with Gasteiger partial charge in [-0.3, -0.25) is 9.59 Å². The van der Waals surface area contributed by atoms with Crippen LogP contribution in [0.2, 0.25) is 0 Å². The summed E-state index contributed by atoms with van der Waals surface area (Å²) >= 11 is 0. The van der Waals surface area contributed by atoms with Gasteiger partial charge in [0.15, 0.2) is 5.92 Å². The molecule has 0 aliphatic heterocycles. The van der Waals surface area contributed by atoms with Gasteiger partial charge < -0.3 is 19.0 Å². The average Bonchev–Trinajstić information content (AvgIpc) is 2.92. The summed E-state index contributed by atoms with van der Waals surface area (Å²) in [7, 11) is 1.57. The highest BCUT2D eigenvalue weighted by Gasteiger charge is 2.39. The molecule has 3 rings (SSSR count). The van der Waals surface area contributed by atoms with Gasteiger partial charge in [0.25, 0.3) is 0 Å². The summed E-state index contributed by atoms with van der Waals surface area (Å²) in [5.41, 5.74) is 1.57. The number of carbonyl (C=O) groups is 3. The molecule has 3 aromatic rings. The largest absolute Gasteiger partial charge is 0.497 e. The molecule has 0 radical (unpaired) electrons. The van der Waals surface area contributed by atoms with E-state index >= 15 is 0 Å². The van der Waals surface area contributed by atoms with Crippen LogP contribution in [-0.4, -0.2) is 25.3 Å². The normalized spacial score (nSPS) is 12.0. The van der Waals surface area contributed by atoms with E-state index in [-0.39, 0.29) is 19.6 Å². The van der Waals surface area contributed by atoms with Crippen LogP contribution in [0.3, 0.4) is 0 Å². The lowest BCUT2D eigenvalue weighted by Gasteiger charge is -2.32. The highest BCUT2D eigenvalue weighted by Crippen LogP contribution is 2.40. The zero-order valence-corrected chi connectivity index (χ0v) is 20.9. The third kappa shape index (κ3) is 7.28. The lowest BCUT2D eigenvalue weighted by atomic mass is 9.71. The van der Waals surface area contributed by atoms with Gasteiger partial charge >= 0.3 is 11.9 Å². The third-order valence-corrected chi connectivity index (χ3v) is 6.21. The topological polar surface area (TPSA) is 78.9 Å². The van der Waals surface area contributed by atoms with Crippen LogP contribution in [0.15, 0.2) is 84.9 Å². The highest BCUT2D eigenvalue weighted by atomic mass is 16.6. The minimum absolute atomic E-state index is 0.0341. The summed E-state index contributed by atoms with van der Waals surface area (Å²) in [5, 5.41) is 0. The number of aldehydes is 1. The molecule has 0 fully saturated rings. The van der Waals surface area contributed by atoms with E-state index in [4.69, 9.17) is 14.2 Å². The molecule has 0 spiro atoms. The summed E-state index contributed by atoms with van der Waals surface area (Å²) in [4.78, 5) is 38.5. The molecular weight excluding hydrogens is 456 g/mol. The zero-order chi connectivity index (χ0) is 26.0. The molecule has 1 unspecified atom stereocenters. The molecule has 6 nitrogen and oxygen atoms in total. The van der Waals surface area contributed by atoms with Gasteiger partial charge in [-0.1, -0.05) is 86.6 Å². The van der Waals surface area contributed by atoms with Crippen molar-refractivity contribution in [3.8, 4) is 5.75 Å². The minimum atomic E-state index is -1.20. The first-order chi connectivity index (χ1) is 17.3. The Balaban J connectivity index is 1.85. The van der Waals surface area contributed by atoms with Crippen LogP contribution in [0.25, 0.3) is 0 Å². The standard InChI is InChI=1S/C30H32O6/c1-30(2,21-31)27(24-14-16-25(34-3)17-15-24)18-26(28(32)35-19-22-10-6-4-7-11-22)29(33)36-20-23-12-8-5-9-13-23/h4-17,21,26-27H,18-20H2,1-3H3. The summed E-state index contributed by atoms with van der Waals surface area (Å²) in [6, 6.07) is 25.8. The van der Waals surface area contributed by atoms with Crippen molar-refractivity contribution in [3.63, 3.8) is 0 Å². The lowest BCUT2D eigenvalue weighted by molar-refractivity contribution is -0.164. The van der Waals surface area contributed by atoms with Crippen LogP contribution in [0, 0.1) is 11.3 Å². The minimum Gasteiger partial charge on any atom is -0.497 e. The second-order valence-electron chi connectivity index (χ2n) is 9.24. The fourth-order valence-corrected chi connectivity index (χ4v) is 3.97. The quantitative estimate of drug-likeness (QED) is 0.190. The Kier molecular flexibility index (Phi) is 9.39. The van der Waals surface area contributed by atoms with Gasteiger partial charge in [-0.25, -0.2) is 0 Å². The van der Waals surface area contributed by atoms with E-state index in [0.29, 0.717) is 5.75 Å². The number of rotatable bonds is 12. The number of carbonyl (C=O) groups excluding carboxylic acids is 3. The van der Waals surface area contributed by atoms with Crippen molar-refractivity contribution in [2.45, 2.75) is 39.4 Å². The molecular formula is C30H32O6. The van der Waals surface area contributed by atoms with Crippen molar-refractivity contribution in [2.75, 3.05) is 7.11 Å². The molecule has 6 heteroatoms. The molecule has 0 aliphatic carbocycles. The Morgan fingerprint density at radius 1 is 0.778 bits per heavy atom. The van der Waals surface area contributed by atoms with Gasteiger partial charge in [0, 0.05) is 5.41 Å². The van der Waals surface area contributed by atoms with Crippen LogP contribution in [0.5, 0.6) is 5.75 Å². The fourth-order valence-electron chi connectivity index (χ4n) is 3.97. The van der Waals surface area contributed by atoms with E-state index in [0.717, 1.165) is 23.0 Å². The second-order valence-corrected chi connectivity index (χ2v) is 9.24. The lowest BCUT2D eigenvalue weighted by Crippen LogP contribution is -2.34. The number of esters is 2. The van der Waals surface area contributed by atoms with E-state index in [9.17, 15) is 14.4 Å². The molecule has 0 aliphatic rings. The number of methoxy groups -OCH3 is 1. The summed E-state index contributed by atoms with van der Waals surface area (Å²) in [6.07, 6.45) is 0.906. The molecule has 3 aromatic carbocycles. The SMILES string of the molecule is COc1ccc(C(CC(C(=O)OCc2ccccc2)C(=O)OCc2ccccc2)C(C)(C)C=O)cc1. The smallest absolute Gasteiger partial charge is 0.320 e. The summed E-state index contributed by atoms with van der Waals surface area (Å²) in [5.74, 6) is -2.35. The van der Waals surface area contributed by atoms with Gasteiger partial charge in [-0.2, -0.15) is 0 Å². The van der Waals surface area contributed by atoms with Gasteiger partial charge in [0.2, 0.25) is 0 Å². The average molecular weight is 489 g/mol. The second kappa shape index (κ2) is 12.7. The van der Waals surface area contributed by atoms with E-state index in [2.05, 4.69) is 0 Å². The van der Waals surface area contributed by atoms with Crippen molar-refractivity contribution in [2.24, 2.45) is 11.3 Å². The van der Waals surface area contributed by atoms with Crippen LogP contribution in [0.1, 0.15) is 42.9 Å². The first-order valence-electron chi connectivity index (χ1n) is 11.9. The maximum Gasteiger partial charge on any atom is 0.320 e. The zero-order valence-electron chi connectivity index (χ0n) is 20.9. The molecule has 188 valence electrons. The molecule has 0 aromatic heterocycles. The molecule has 36 heavy (non-hydrogen) atoms.